The zero-order valence-electron chi connectivity index (χ0n) is 14.6. The van der Waals surface area contributed by atoms with Crippen LogP contribution in [0.25, 0.3) is 0 Å². The second-order valence-corrected chi connectivity index (χ2v) is 5.41. The summed E-state index contributed by atoms with van der Waals surface area (Å²) in [7, 11) is 1.45. The van der Waals surface area contributed by atoms with E-state index in [-0.39, 0.29) is 28.9 Å². The van der Waals surface area contributed by atoms with Crippen LogP contribution >= 0.6 is 0 Å². The first kappa shape index (κ1) is 18.9. The molecular formula is C16H20N6O4. The van der Waals surface area contributed by atoms with Crippen LogP contribution in [0, 0.1) is 10.1 Å². The maximum Gasteiger partial charge on any atom is 0.354 e. The fraction of sp³-hybridized carbons (Fsp3) is 0.312. The molecule has 1 aromatic heterocycles. The van der Waals surface area contributed by atoms with Crippen molar-refractivity contribution in [3.8, 4) is 5.75 Å². The standard InChI is InChI=1S/C16H20N6O4/c1-4-10(2)19-14-13(22(24)25)15(18-9-17-14)20-21-16(23)11-7-5-6-8-12(11)26-3/h5-10H,4H2,1-3H3,(H,21,23)(H2,17,18,19,20). The van der Waals surface area contributed by atoms with Gasteiger partial charge in [-0.1, -0.05) is 19.1 Å². The molecule has 0 radical (unpaired) electrons. The second kappa shape index (κ2) is 8.60. The Hall–Kier alpha value is -3.43. The SMILES string of the molecule is CCC(C)Nc1ncnc(NNC(=O)c2ccccc2OC)c1[N+](=O)[O-]. The van der Waals surface area contributed by atoms with Crippen LogP contribution in [0.15, 0.2) is 30.6 Å². The van der Waals surface area contributed by atoms with Gasteiger partial charge >= 0.3 is 5.69 Å². The van der Waals surface area contributed by atoms with Crippen molar-refractivity contribution >= 4 is 23.2 Å². The molecule has 1 amide bonds. The first-order valence-electron chi connectivity index (χ1n) is 7.93. The van der Waals surface area contributed by atoms with Gasteiger partial charge < -0.3 is 10.1 Å². The van der Waals surface area contributed by atoms with Gasteiger partial charge in [0.05, 0.1) is 17.6 Å². The Labute approximate surface area is 150 Å². The van der Waals surface area contributed by atoms with E-state index >= 15 is 0 Å². The topological polar surface area (TPSA) is 131 Å². The number of para-hydroxylation sites is 1. The van der Waals surface area contributed by atoms with Gasteiger partial charge in [-0.25, -0.2) is 9.97 Å². The third-order valence-electron chi connectivity index (χ3n) is 3.65. The molecule has 0 saturated heterocycles. The summed E-state index contributed by atoms with van der Waals surface area (Å²) in [4.78, 5) is 30.9. The van der Waals surface area contributed by atoms with E-state index in [1.54, 1.807) is 24.3 Å². The minimum Gasteiger partial charge on any atom is -0.496 e. The molecule has 0 bridgehead atoms. The number of carbonyl (C=O) groups excluding carboxylic acids is 1. The molecule has 138 valence electrons. The van der Waals surface area contributed by atoms with Gasteiger partial charge in [-0.05, 0) is 25.5 Å². The number of hydrazine groups is 1. The Bertz CT molecular complexity index is 798. The summed E-state index contributed by atoms with van der Waals surface area (Å²) < 4.78 is 5.12. The molecule has 0 aliphatic carbocycles. The molecule has 2 aromatic rings. The fourth-order valence-electron chi connectivity index (χ4n) is 2.10. The summed E-state index contributed by atoms with van der Waals surface area (Å²) in [5.41, 5.74) is 4.80. The molecule has 0 aliphatic rings. The number of hydrogen-bond donors (Lipinski definition) is 3. The van der Waals surface area contributed by atoms with Gasteiger partial charge in [0.1, 0.15) is 12.1 Å². The Morgan fingerprint density at radius 2 is 2.00 bits per heavy atom. The highest BCUT2D eigenvalue weighted by molar-refractivity contribution is 5.97. The van der Waals surface area contributed by atoms with Crippen molar-refractivity contribution in [3.63, 3.8) is 0 Å². The number of carbonyl (C=O) groups is 1. The zero-order chi connectivity index (χ0) is 19.1. The summed E-state index contributed by atoms with van der Waals surface area (Å²) in [6.45, 7) is 3.82. The number of benzene rings is 1. The van der Waals surface area contributed by atoms with Crippen LogP contribution in [-0.4, -0.2) is 34.0 Å². The molecule has 0 saturated carbocycles. The number of nitrogens with one attached hydrogen (secondary N) is 3. The van der Waals surface area contributed by atoms with Crippen molar-refractivity contribution in [2.75, 3.05) is 17.9 Å². The molecule has 3 N–H and O–H groups in total. The zero-order valence-corrected chi connectivity index (χ0v) is 14.6. The van der Waals surface area contributed by atoms with Crippen molar-refractivity contribution in [2.24, 2.45) is 0 Å². The van der Waals surface area contributed by atoms with E-state index in [1.807, 2.05) is 13.8 Å². The predicted molar refractivity (Wildman–Crippen MR) is 96.1 cm³/mol. The minimum atomic E-state index is -0.609. The summed E-state index contributed by atoms with van der Waals surface area (Å²) >= 11 is 0. The van der Waals surface area contributed by atoms with Crippen LogP contribution < -0.4 is 20.9 Å². The van der Waals surface area contributed by atoms with Gasteiger partial charge in [-0.2, -0.15) is 0 Å². The number of ether oxygens (including phenoxy) is 1. The van der Waals surface area contributed by atoms with Gasteiger partial charge in [0.2, 0.25) is 11.6 Å². The number of amides is 1. The highest BCUT2D eigenvalue weighted by Crippen LogP contribution is 2.29. The quantitative estimate of drug-likeness (QED) is 0.483. The Balaban J connectivity index is 2.22. The second-order valence-electron chi connectivity index (χ2n) is 5.41. The Morgan fingerprint density at radius 3 is 2.65 bits per heavy atom. The Morgan fingerprint density at radius 1 is 1.31 bits per heavy atom. The third kappa shape index (κ3) is 4.35. The number of aromatic nitrogens is 2. The molecule has 1 unspecified atom stereocenters. The summed E-state index contributed by atoms with van der Waals surface area (Å²) in [5.74, 6) is -0.192. The predicted octanol–water partition coefficient (Wildman–Crippen LogP) is 2.36. The summed E-state index contributed by atoms with van der Waals surface area (Å²) in [6, 6.07) is 6.60. The molecule has 10 nitrogen and oxygen atoms in total. The largest absolute Gasteiger partial charge is 0.496 e. The Kier molecular flexibility index (Phi) is 6.25. The monoisotopic (exact) mass is 360 g/mol. The van der Waals surface area contributed by atoms with Crippen molar-refractivity contribution < 1.29 is 14.5 Å². The van der Waals surface area contributed by atoms with Crippen LogP contribution in [0.1, 0.15) is 30.6 Å². The van der Waals surface area contributed by atoms with Crippen molar-refractivity contribution in [2.45, 2.75) is 26.3 Å². The summed E-state index contributed by atoms with van der Waals surface area (Å²) in [6.07, 6.45) is 1.93. The minimum absolute atomic E-state index is 0.0142. The molecule has 1 heterocycles. The molecular weight excluding hydrogens is 340 g/mol. The van der Waals surface area contributed by atoms with E-state index < -0.39 is 10.8 Å². The van der Waals surface area contributed by atoms with Crippen LogP contribution in [-0.2, 0) is 0 Å². The van der Waals surface area contributed by atoms with Gasteiger partial charge in [0.25, 0.3) is 5.91 Å². The van der Waals surface area contributed by atoms with Crippen molar-refractivity contribution in [1.29, 1.82) is 0 Å². The first-order valence-corrected chi connectivity index (χ1v) is 7.93. The van der Waals surface area contributed by atoms with E-state index in [4.69, 9.17) is 4.74 Å². The lowest BCUT2D eigenvalue weighted by Crippen LogP contribution is -2.30. The smallest absolute Gasteiger partial charge is 0.354 e. The lowest BCUT2D eigenvalue weighted by Gasteiger charge is -2.14. The highest BCUT2D eigenvalue weighted by Gasteiger charge is 2.24. The number of methoxy groups -OCH3 is 1. The maximum atomic E-state index is 12.3. The molecule has 0 fully saturated rings. The normalized spacial score (nSPS) is 11.3. The average Bonchev–Trinajstić information content (AvgIpc) is 2.65. The first-order chi connectivity index (χ1) is 12.5. The molecule has 0 aliphatic heterocycles. The number of nitro groups is 1. The van der Waals surface area contributed by atoms with Crippen molar-refractivity contribution in [3.05, 3.63) is 46.3 Å². The molecule has 26 heavy (non-hydrogen) atoms. The van der Waals surface area contributed by atoms with Crippen molar-refractivity contribution in [1.82, 2.24) is 15.4 Å². The summed E-state index contributed by atoms with van der Waals surface area (Å²) in [5, 5.41) is 14.4. The van der Waals surface area contributed by atoms with Gasteiger partial charge in [0, 0.05) is 6.04 Å². The van der Waals surface area contributed by atoms with Crippen LogP contribution in [0.3, 0.4) is 0 Å². The lowest BCUT2D eigenvalue weighted by atomic mass is 10.2. The van der Waals surface area contributed by atoms with E-state index in [1.165, 1.54) is 13.4 Å². The molecule has 2 rings (SSSR count). The van der Waals surface area contributed by atoms with E-state index in [0.29, 0.717) is 5.75 Å². The highest BCUT2D eigenvalue weighted by atomic mass is 16.6. The van der Waals surface area contributed by atoms with E-state index in [9.17, 15) is 14.9 Å². The van der Waals surface area contributed by atoms with E-state index in [2.05, 4.69) is 26.1 Å². The molecule has 1 atom stereocenters. The average molecular weight is 360 g/mol. The molecule has 10 heteroatoms. The van der Waals surface area contributed by atoms with Crippen LogP contribution in [0.4, 0.5) is 17.3 Å². The lowest BCUT2D eigenvalue weighted by molar-refractivity contribution is -0.383. The number of rotatable bonds is 8. The van der Waals surface area contributed by atoms with Gasteiger partial charge in [-0.15, -0.1) is 0 Å². The molecule has 0 spiro atoms. The molecule has 1 aromatic carbocycles. The fourth-order valence-corrected chi connectivity index (χ4v) is 2.10. The van der Waals surface area contributed by atoms with Crippen LogP contribution in [0.2, 0.25) is 0 Å². The number of anilines is 2. The van der Waals surface area contributed by atoms with E-state index in [0.717, 1.165) is 6.42 Å². The van der Waals surface area contributed by atoms with Crippen LogP contribution in [0.5, 0.6) is 5.75 Å². The number of hydrogen-bond acceptors (Lipinski definition) is 8. The maximum absolute atomic E-state index is 12.3. The van der Waals surface area contributed by atoms with Gasteiger partial charge in [0.15, 0.2) is 0 Å². The third-order valence-corrected chi connectivity index (χ3v) is 3.65. The van der Waals surface area contributed by atoms with Gasteiger partial charge in [-0.3, -0.25) is 25.8 Å². The number of nitrogens with zero attached hydrogens (tertiary/aromatic N) is 3.